The van der Waals surface area contributed by atoms with Crippen LogP contribution in [0.5, 0.6) is 5.75 Å². The molecule has 0 saturated heterocycles. The summed E-state index contributed by atoms with van der Waals surface area (Å²) < 4.78 is 5.28. The molecule has 0 saturated carbocycles. The minimum atomic E-state index is -0.234. The van der Waals surface area contributed by atoms with Crippen LogP contribution in [-0.4, -0.2) is 37.4 Å². The first kappa shape index (κ1) is 18.5. The van der Waals surface area contributed by atoms with E-state index in [4.69, 9.17) is 4.74 Å². The average molecular weight is 362 g/mol. The summed E-state index contributed by atoms with van der Waals surface area (Å²) in [6, 6.07) is 21.0. The van der Waals surface area contributed by atoms with Crippen molar-refractivity contribution < 1.29 is 14.3 Å². The first-order valence-corrected chi connectivity index (χ1v) is 8.72. The second-order valence-corrected chi connectivity index (χ2v) is 6.31. The van der Waals surface area contributed by atoms with E-state index in [0.717, 1.165) is 22.0 Å². The highest BCUT2D eigenvalue weighted by molar-refractivity contribution is 6.03. The van der Waals surface area contributed by atoms with Crippen molar-refractivity contribution >= 4 is 28.3 Å². The Morgan fingerprint density at radius 2 is 1.67 bits per heavy atom. The SMILES string of the molecule is COc1ccccc1CC(=O)N(C)CC(=O)Nc1cccc2ccccc12. The van der Waals surface area contributed by atoms with E-state index in [1.807, 2.05) is 66.7 Å². The molecule has 2 amide bonds. The zero-order valence-electron chi connectivity index (χ0n) is 15.4. The third kappa shape index (κ3) is 4.44. The summed E-state index contributed by atoms with van der Waals surface area (Å²) in [6.07, 6.45) is 0.183. The van der Waals surface area contributed by atoms with Crippen LogP contribution in [-0.2, 0) is 16.0 Å². The van der Waals surface area contributed by atoms with E-state index >= 15 is 0 Å². The Labute approximate surface area is 158 Å². The molecule has 5 nitrogen and oxygen atoms in total. The Hall–Kier alpha value is -3.34. The number of ether oxygens (including phenoxy) is 1. The number of para-hydroxylation sites is 1. The Bertz CT molecular complexity index is 963. The molecule has 3 aromatic rings. The number of hydrogen-bond acceptors (Lipinski definition) is 3. The molecule has 0 aliphatic rings. The summed E-state index contributed by atoms with van der Waals surface area (Å²) in [5.74, 6) is 0.286. The van der Waals surface area contributed by atoms with Crippen LogP contribution in [0, 0.1) is 0 Å². The number of hydrogen-bond donors (Lipinski definition) is 1. The normalized spacial score (nSPS) is 10.4. The van der Waals surface area contributed by atoms with Gasteiger partial charge in [-0.1, -0.05) is 54.6 Å². The van der Waals surface area contributed by atoms with Gasteiger partial charge < -0.3 is 15.0 Å². The molecule has 0 atom stereocenters. The van der Waals surface area contributed by atoms with Crippen LogP contribution in [0.15, 0.2) is 66.7 Å². The van der Waals surface area contributed by atoms with Crippen molar-refractivity contribution in [2.45, 2.75) is 6.42 Å². The molecule has 0 fully saturated rings. The largest absolute Gasteiger partial charge is 0.496 e. The molecule has 0 aliphatic heterocycles. The Balaban J connectivity index is 1.64. The number of amides is 2. The molecule has 0 unspecified atom stereocenters. The van der Waals surface area contributed by atoms with Gasteiger partial charge in [-0.3, -0.25) is 9.59 Å². The zero-order chi connectivity index (χ0) is 19.2. The van der Waals surface area contributed by atoms with Crippen LogP contribution in [0.3, 0.4) is 0 Å². The fourth-order valence-corrected chi connectivity index (χ4v) is 2.97. The predicted molar refractivity (Wildman–Crippen MR) is 107 cm³/mol. The lowest BCUT2D eigenvalue weighted by Gasteiger charge is -2.18. The van der Waals surface area contributed by atoms with E-state index in [1.54, 1.807) is 14.2 Å². The molecule has 0 spiro atoms. The van der Waals surface area contributed by atoms with Gasteiger partial charge in [-0.2, -0.15) is 0 Å². The number of rotatable bonds is 6. The number of anilines is 1. The van der Waals surface area contributed by atoms with Crippen molar-refractivity contribution in [2.24, 2.45) is 0 Å². The van der Waals surface area contributed by atoms with Gasteiger partial charge in [0.1, 0.15) is 5.75 Å². The minimum Gasteiger partial charge on any atom is -0.496 e. The number of nitrogens with zero attached hydrogens (tertiary/aromatic N) is 1. The lowest BCUT2D eigenvalue weighted by Crippen LogP contribution is -2.35. The van der Waals surface area contributed by atoms with Crippen LogP contribution in [0.4, 0.5) is 5.69 Å². The highest BCUT2D eigenvalue weighted by Gasteiger charge is 2.16. The molecule has 1 N–H and O–H groups in total. The molecule has 3 rings (SSSR count). The molecule has 0 aliphatic carbocycles. The van der Waals surface area contributed by atoms with E-state index < -0.39 is 0 Å². The van der Waals surface area contributed by atoms with E-state index in [0.29, 0.717) is 5.75 Å². The highest BCUT2D eigenvalue weighted by Crippen LogP contribution is 2.23. The molecule has 3 aromatic carbocycles. The standard InChI is InChI=1S/C22H22N2O3/c1-24(22(26)14-17-9-4-6-13-20(17)27-2)15-21(25)23-19-12-7-10-16-8-3-5-11-18(16)19/h3-13H,14-15H2,1-2H3,(H,23,25). The topological polar surface area (TPSA) is 58.6 Å². The number of carbonyl (C=O) groups is 2. The van der Waals surface area contributed by atoms with Crippen molar-refractivity contribution in [3.63, 3.8) is 0 Å². The third-order valence-electron chi connectivity index (χ3n) is 4.40. The van der Waals surface area contributed by atoms with Gasteiger partial charge in [-0.15, -0.1) is 0 Å². The molecule has 5 heteroatoms. The number of carbonyl (C=O) groups excluding carboxylic acids is 2. The van der Waals surface area contributed by atoms with Crippen LogP contribution in [0.2, 0.25) is 0 Å². The van der Waals surface area contributed by atoms with Crippen LogP contribution < -0.4 is 10.1 Å². The maximum Gasteiger partial charge on any atom is 0.244 e. The smallest absolute Gasteiger partial charge is 0.244 e. The van der Waals surface area contributed by atoms with Crippen LogP contribution >= 0.6 is 0 Å². The minimum absolute atomic E-state index is 0.0167. The molecule has 27 heavy (non-hydrogen) atoms. The van der Waals surface area contributed by atoms with E-state index in [1.165, 1.54) is 4.90 Å². The van der Waals surface area contributed by atoms with Crippen molar-refractivity contribution in [1.82, 2.24) is 4.90 Å². The number of nitrogens with one attached hydrogen (secondary N) is 1. The maximum atomic E-state index is 12.5. The van der Waals surface area contributed by atoms with Gasteiger partial charge in [-0.05, 0) is 17.5 Å². The fraction of sp³-hybridized carbons (Fsp3) is 0.182. The van der Waals surface area contributed by atoms with Gasteiger partial charge in [-0.25, -0.2) is 0 Å². The van der Waals surface area contributed by atoms with Gasteiger partial charge >= 0.3 is 0 Å². The third-order valence-corrected chi connectivity index (χ3v) is 4.40. The average Bonchev–Trinajstić information content (AvgIpc) is 2.68. The van der Waals surface area contributed by atoms with Crippen molar-refractivity contribution in [3.05, 3.63) is 72.3 Å². The quantitative estimate of drug-likeness (QED) is 0.730. The number of methoxy groups -OCH3 is 1. The zero-order valence-corrected chi connectivity index (χ0v) is 15.4. The van der Waals surface area contributed by atoms with E-state index in [-0.39, 0.29) is 24.8 Å². The van der Waals surface area contributed by atoms with Crippen molar-refractivity contribution in [1.29, 1.82) is 0 Å². The van der Waals surface area contributed by atoms with Crippen molar-refractivity contribution in [3.8, 4) is 5.75 Å². The van der Waals surface area contributed by atoms with Gasteiger partial charge in [0.25, 0.3) is 0 Å². The summed E-state index contributed by atoms with van der Waals surface area (Å²) >= 11 is 0. The van der Waals surface area contributed by atoms with E-state index in [2.05, 4.69) is 5.32 Å². The first-order valence-electron chi connectivity index (χ1n) is 8.72. The Morgan fingerprint density at radius 3 is 2.48 bits per heavy atom. The summed E-state index contributed by atoms with van der Waals surface area (Å²) in [4.78, 5) is 26.3. The van der Waals surface area contributed by atoms with Gasteiger partial charge in [0.2, 0.25) is 11.8 Å². The number of likely N-dealkylation sites (N-methyl/N-ethyl adjacent to an activating group) is 1. The summed E-state index contributed by atoms with van der Waals surface area (Å²) in [5, 5.41) is 4.92. The molecule has 0 aromatic heterocycles. The van der Waals surface area contributed by atoms with E-state index in [9.17, 15) is 9.59 Å². The molecular formula is C22H22N2O3. The monoisotopic (exact) mass is 362 g/mol. The maximum absolute atomic E-state index is 12.5. The fourth-order valence-electron chi connectivity index (χ4n) is 2.97. The molecule has 0 radical (unpaired) electrons. The Morgan fingerprint density at radius 1 is 0.963 bits per heavy atom. The van der Waals surface area contributed by atoms with Crippen LogP contribution in [0.25, 0.3) is 10.8 Å². The summed E-state index contributed by atoms with van der Waals surface area (Å²) in [7, 11) is 3.20. The second kappa shape index (κ2) is 8.36. The molecule has 0 heterocycles. The summed E-state index contributed by atoms with van der Waals surface area (Å²) in [6.45, 7) is -0.0167. The summed E-state index contributed by atoms with van der Waals surface area (Å²) in [5.41, 5.74) is 1.54. The molecular weight excluding hydrogens is 340 g/mol. The molecule has 0 bridgehead atoms. The number of benzene rings is 3. The van der Waals surface area contributed by atoms with Crippen molar-refractivity contribution in [2.75, 3.05) is 26.0 Å². The highest BCUT2D eigenvalue weighted by atomic mass is 16.5. The molecule has 138 valence electrons. The van der Waals surface area contributed by atoms with Crippen LogP contribution in [0.1, 0.15) is 5.56 Å². The lowest BCUT2D eigenvalue weighted by atomic mass is 10.1. The predicted octanol–water partition coefficient (Wildman–Crippen LogP) is 3.49. The van der Waals surface area contributed by atoms with Gasteiger partial charge in [0.15, 0.2) is 0 Å². The first-order chi connectivity index (χ1) is 13.1. The second-order valence-electron chi connectivity index (χ2n) is 6.31. The lowest BCUT2D eigenvalue weighted by molar-refractivity contribution is -0.132. The van der Waals surface area contributed by atoms with Gasteiger partial charge in [0, 0.05) is 23.7 Å². The Kier molecular flexibility index (Phi) is 5.71. The number of fused-ring (bicyclic) bond motifs is 1. The van der Waals surface area contributed by atoms with Gasteiger partial charge in [0.05, 0.1) is 20.1 Å².